The summed E-state index contributed by atoms with van der Waals surface area (Å²) in [5.74, 6) is 0. The van der Waals surface area contributed by atoms with E-state index in [-0.39, 0.29) is 0 Å². The van der Waals surface area contributed by atoms with E-state index in [1.165, 1.54) is 0 Å². The van der Waals surface area contributed by atoms with Crippen molar-refractivity contribution in [1.29, 1.82) is 0 Å². The third-order valence-corrected chi connectivity index (χ3v) is 5.88. The van der Waals surface area contributed by atoms with Gasteiger partial charge < -0.3 is 5.73 Å². The summed E-state index contributed by atoms with van der Waals surface area (Å²) in [5.41, 5.74) is -6.42. The highest BCUT2D eigenvalue weighted by atomic mass is 19.4. The van der Waals surface area contributed by atoms with E-state index in [1.807, 2.05) is 0 Å². The summed E-state index contributed by atoms with van der Waals surface area (Å²) in [6, 6.07) is 0. The average Bonchev–Trinajstić information content (AvgIpc) is 2.54. The fourth-order valence-corrected chi connectivity index (χ4v) is 5.45. The Balaban J connectivity index is 2.27. The van der Waals surface area contributed by atoms with Crippen molar-refractivity contribution in [2.45, 2.75) is 56.2 Å². The van der Waals surface area contributed by atoms with Crippen LogP contribution in [0, 0.1) is 16.2 Å². The van der Waals surface area contributed by atoms with Crippen LogP contribution in [0.15, 0.2) is 0 Å². The molecule has 2 N–H and O–H groups in total. The molecule has 2 unspecified atom stereocenters. The van der Waals surface area contributed by atoms with Gasteiger partial charge in [0.2, 0.25) is 0 Å². The molecule has 4 aliphatic carbocycles. The van der Waals surface area contributed by atoms with Crippen LogP contribution < -0.4 is 5.73 Å². The van der Waals surface area contributed by atoms with Crippen molar-refractivity contribution in [3.05, 3.63) is 0 Å². The second kappa shape index (κ2) is 3.54. The van der Waals surface area contributed by atoms with E-state index in [9.17, 15) is 39.5 Å². The van der Waals surface area contributed by atoms with E-state index in [2.05, 4.69) is 0 Å². The standard InChI is InChI=1S/C12H12F9N/c13-10(14,15)6-1-7(22)4-8(2-6,11(16,17)18)9(3-6,5-7)12(19,20)21/h1-5,22H2. The van der Waals surface area contributed by atoms with Gasteiger partial charge in [-0.1, -0.05) is 0 Å². The van der Waals surface area contributed by atoms with Gasteiger partial charge in [-0.15, -0.1) is 0 Å². The molecule has 4 saturated carbocycles. The highest BCUT2D eigenvalue weighted by Gasteiger charge is 2.91. The Morgan fingerprint density at radius 2 is 0.909 bits per heavy atom. The maximum Gasteiger partial charge on any atom is 0.395 e. The Kier molecular flexibility index (Phi) is 2.61. The zero-order valence-electron chi connectivity index (χ0n) is 11.0. The van der Waals surface area contributed by atoms with Gasteiger partial charge >= 0.3 is 18.5 Å². The maximum atomic E-state index is 13.5. The molecule has 0 radical (unpaired) electrons. The predicted octanol–water partition coefficient (Wildman–Crippen LogP) is 4.32. The smallest absolute Gasteiger partial charge is 0.325 e. The molecule has 2 atom stereocenters. The molecular formula is C12H12F9N. The van der Waals surface area contributed by atoms with E-state index in [0.717, 1.165) is 0 Å². The van der Waals surface area contributed by atoms with Gasteiger partial charge in [-0.05, 0) is 32.1 Å². The highest BCUT2D eigenvalue weighted by Crippen LogP contribution is 2.85. The molecule has 4 bridgehead atoms. The fourth-order valence-electron chi connectivity index (χ4n) is 5.45. The predicted molar refractivity (Wildman–Crippen MR) is 55.5 cm³/mol. The quantitative estimate of drug-likeness (QED) is 0.653. The van der Waals surface area contributed by atoms with E-state index in [0.29, 0.717) is 0 Å². The summed E-state index contributed by atoms with van der Waals surface area (Å²) in [5, 5.41) is 0. The number of halogens is 9. The Hall–Kier alpha value is -0.670. The molecule has 0 aromatic rings. The van der Waals surface area contributed by atoms with Gasteiger partial charge in [0.25, 0.3) is 0 Å². The molecule has 1 nitrogen and oxygen atoms in total. The van der Waals surface area contributed by atoms with Crippen LogP contribution in [-0.2, 0) is 0 Å². The SMILES string of the molecule is NC12CC3(C(F)(F)F)CC(C(F)(F)F)(C1)C(C(F)(F)F)(C2)C3. The average molecular weight is 341 g/mol. The lowest BCUT2D eigenvalue weighted by Gasteiger charge is -2.47. The molecule has 0 aliphatic heterocycles. The molecule has 4 fully saturated rings. The first-order valence-corrected chi connectivity index (χ1v) is 6.53. The lowest BCUT2D eigenvalue weighted by atomic mass is 9.63. The summed E-state index contributed by atoms with van der Waals surface area (Å²) in [6.07, 6.45) is -22.2. The molecule has 0 heterocycles. The van der Waals surface area contributed by atoms with Crippen LogP contribution >= 0.6 is 0 Å². The van der Waals surface area contributed by atoms with Crippen LogP contribution in [0.1, 0.15) is 32.1 Å². The topological polar surface area (TPSA) is 26.0 Å². The minimum absolute atomic E-state index is 0.876. The van der Waals surface area contributed by atoms with Gasteiger partial charge in [0.15, 0.2) is 0 Å². The van der Waals surface area contributed by atoms with Gasteiger partial charge in [0, 0.05) is 5.54 Å². The second-order valence-corrected chi connectivity index (χ2v) is 7.18. The van der Waals surface area contributed by atoms with Gasteiger partial charge in [-0.25, -0.2) is 0 Å². The molecular weight excluding hydrogens is 329 g/mol. The van der Waals surface area contributed by atoms with Crippen LogP contribution in [0.4, 0.5) is 39.5 Å². The van der Waals surface area contributed by atoms with Crippen LogP contribution in [0.2, 0.25) is 0 Å². The van der Waals surface area contributed by atoms with Crippen molar-refractivity contribution in [2.75, 3.05) is 0 Å². The zero-order valence-corrected chi connectivity index (χ0v) is 11.0. The number of rotatable bonds is 0. The highest BCUT2D eigenvalue weighted by molar-refractivity contribution is 5.31. The van der Waals surface area contributed by atoms with Gasteiger partial charge in [0.1, 0.15) is 0 Å². The lowest BCUT2D eigenvalue weighted by Crippen LogP contribution is -2.55. The van der Waals surface area contributed by atoms with Gasteiger partial charge in [-0.2, -0.15) is 39.5 Å². The van der Waals surface area contributed by atoms with Crippen LogP contribution in [0.5, 0.6) is 0 Å². The van der Waals surface area contributed by atoms with E-state index in [1.54, 1.807) is 0 Å². The molecule has 4 aliphatic rings. The molecule has 0 amide bonds. The maximum absolute atomic E-state index is 13.5. The zero-order chi connectivity index (χ0) is 17.0. The van der Waals surface area contributed by atoms with E-state index >= 15 is 0 Å². The fraction of sp³-hybridized carbons (Fsp3) is 1.00. The molecule has 22 heavy (non-hydrogen) atoms. The van der Waals surface area contributed by atoms with Crippen molar-refractivity contribution >= 4 is 0 Å². The third-order valence-electron chi connectivity index (χ3n) is 5.88. The summed E-state index contributed by atoms with van der Waals surface area (Å²) < 4.78 is 121. The molecule has 0 aromatic carbocycles. The van der Waals surface area contributed by atoms with E-state index < -0.39 is 72.4 Å². The van der Waals surface area contributed by atoms with Crippen molar-refractivity contribution in [1.82, 2.24) is 0 Å². The van der Waals surface area contributed by atoms with Crippen LogP contribution in [0.3, 0.4) is 0 Å². The minimum Gasteiger partial charge on any atom is -0.325 e. The number of alkyl halides is 9. The normalized spacial score (nSPS) is 48.3. The summed E-state index contributed by atoms with van der Waals surface area (Å²) in [4.78, 5) is 0. The second-order valence-electron chi connectivity index (χ2n) is 7.18. The number of nitrogens with two attached hydrogens (primary N) is 1. The molecule has 10 heteroatoms. The first-order valence-electron chi connectivity index (χ1n) is 6.53. The third kappa shape index (κ3) is 1.52. The Bertz CT molecular complexity index is 484. The number of hydrogen-bond donors (Lipinski definition) is 1. The monoisotopic (exact) mass is 341 g/mol. The largest absolute Gasteiger partial charge is 0.395 e. The first kappa shape index (κ1) is 16.2. The van der Waals surface area contributed by atoms with Crippen molar-refractivity contribution in [3.8, 4) is 0 Å². The molecule has 0 spiro atoms. The van der Waals surface area contributed by atoms with E-state index in [4.69, 9.17) is 5.73 Å². The van der Waals surface area contributed by atoms with Crippen molar-refractivity contribution < 1.29 is 39.5 Å². The Morgan fingerprint density at radius 1 is 0.545 bits per heavy atom. The molecule has 0 aromatic heterocycles. The van der Waals surface area contributed by atoms with Crippen LogP contribution in [-0.4, -0.2) is 24.1 Å². The summed E-state index contributed by atoms with van der Waals surface area (Å²) >= 11 is 0. The summed E-state index contributed by atoms with van der Waals surface area (Å²) in [7, 11) is 0. The molecule has 0 saturated heterocycles. The first-order chi connectivity index (χ1) is 9.54. The summed E-state index contributed by atoms with van der Waals surface area (Å²) in [6.45, 7) is 0. The van der Waals surface area contributed by atoms with Crippen LogP contribution in [0.25, 0.3) is 0 Å². The molecule has 128 valence electrons. The molecule has 4 rings (SSSR count). The van der Waals surface area contributed by atoms with Crippen molar-refractivity contribution in [3.63, 3.8) is 0 Å². The Morgan fingerprint density at radius 3 is 1.18 bits per heavy atom. The minimum atomic E-state index is -5.39. The van der Waals surface area contributed by atoms with Gasteiger partial charge in [-0.3, -0.25) is 0 Å². The van der Waals surface area contributed by atoms with Gasteiger partial charge in [0.05, 0.1) is 16.2 Å². The number of hydrogen-bond acceptors (Lipinski definition) is 1. The Labute approximate surface area is 119 Å². The van der Waals surface area contributed by atoms with Crippen molar-refractivity contribution in [2.24, 2.45) is 22.0 Å². The lowest BCUT2D eigenvalue weighted by molar-refractivity contribution is -0.321.